The molecular formula is C13H16N2O3S. The van der Waals surface area contributed by atoms with E-state index in [0.717, 1.165) is 23.4 Å². The molecule has 0 bridgehead atoms. The molecule has 2 atom stereocenters. The fraction of sp³-hybridized carbons (Fsp3) is 0.538. The van der Waals surface area contributed by atoms with E-state index >= 15 is 0 Å². The van der Waals surface area contributed by atoms with Gasteiger partial charge in [0.2, 0.25) is 0 Å². The molecule has 0 amide bonds. The van der Waals surface area contributed by atoms with Gasteiger partial charge in [0, 0.05) is 18.0 Å². The zero-order valence-electron chi connectivity index (χ0n) is 10.7. The lowest BCUT2D eigenvalue weighted by Gasteiger charge is -2.33. The van der Waals surface area contributed by atoms with Crippen LogP contribution in [0.4, 0.5) is 0 Å². The van der Waals surface area contributed by atoms with Gasteiger partial charge < -0.3 is 9.84 Å². The molecule has 1 N–H and O–H groups in total. The minimum absolute atomic E-state index is 0.373. The molecule has 0 spiro atoms. The molecule has 2 heterocycles. The zero-order chi connectivity index (χ0) is 13.8. The first-order valence-electron chi connectivity index (χ1n) is 6.18. The molecule has 1 aliphatic rings. The van der Waals surface area contributed by atoms with Crippen LogP contribution >= 0.6 is 11.3 Å². The third-order valence-corrected chi connectivity index (χ3v) is 4.22. The van der Waals surface area contributed by atoms with Crippen LogP contribution in [0.25, 0.3) is 0 Å². The summed E-state index contributed by atoms with van der Waals surface area (Å²) in [5.41, 5.74) is 0.900. The second-order valence-corrected chi connectivity index (χ2v) is 5.47. The van der Waals surface area contributed by atoms with Crippen LogP contribution in [0.15, 0.2) is 11.4 Å². The maximum atomic E-state index is 11.4. The van der Waals surface area contributed by atoms with Gasteiger partial charge in [-0.25, -0.2) is 0 Å². The summed E-state index contributed by atoms with van der Waals surface area (Å²) in [6, 6.07) is 3.30. The molecule has 0 radical (unpaired) electrons. The van der Waals surface area contributed by atoms with E-state index in [9.17, 15) is 9.90 Å². The predicted molar refractivity (Wildman–Crippen MR) is 71.0 cm³/mol. The summed E-state index contributed by atoms with van der Waals surface area (Å²) in [5.74, 6) is -0.826. The number of nitrogens with zero attached hydrogens (tertiary/aromatic N) is 2. The topological polar surface area (TPSA) is 73.6 Å². The summed E-state index contributed by atoms with van der Waals surface area (Å²) < 4.78 is 5.30. The van der Waals surface area contributed by atoms with E-state index in [2.05, 4.69) is 0 Å². The minimum atomic E-state index is -0.826. The molecule has 0 fully saturated rings. The first-order valence-corrected chi connectivity index (χ1v) is 7.05. The Hall–Kier alpha value is -1.42. The Labute approximate surface area is 116 Å². The number of fused-ring (bicyclic) bond motifs is 1. The van der Waals surface area contributed by atoms with Crippen LogP contribution in [0.2, 0.25) is 0 Å². The maximum absolute atomic E-state index is 11.4. The van der Waals surface area contributed by atoms with Crippen LogP contribution in [0.5, 0.6) is 0 Å². The predicted octanol–water partition coefficient (Wildman–Crippen LogP) is 1.66. The van der Waals surface area contributed by atoms with Crippen molar-refractivity contribution in [1.29, 1.82) is 5.26 Å². The average molecular weight is 280 g/mol. The molecule has 0 saturated heterocycles. The minimum Gasteiger partial charge on any atom is -0.480 e. The normalized spacial score (nSPS) is 20.5. The molecule has 0 aromatic carbocycles. The molecule has 19 heavy (non-hydrogen) atoms. The summed E-state index contributed by atoms with van der Waals surface area (Å²) >= 11 is 1.62. The van der Waals surface area contributed by atoms with Crippen LogP contribution in [0.1, 0.15) is 23.4 Å². The van der Waals surface area contributed by atoms with Crippen molar-refractivity contribution in [2.45, 2.75) is 25.5 Å². The van der Waals surface area contributed by atoms with Gasteiger partial charge in [-0.05, 0) is 30.4 Å². The van der Waals surface area contributed by atoms with Crippen molar-refractivity contribution in [3.63, 3.8) is 0 Å². The molecule has 2 rings (SSSR count). The van der Waals surface area contributed by atoms with E-state index in [0.29, 0.717) is 13.2 Å². The highest BCUT2D eigenvalue weighted by Crippen LogP contribution is 2.33. The number of nitriles is 1. The quantitative estimate of drug-likeness (QED) is 0.888. The lowest BCUT2D eigenvalue weighted by Crippen LogP contribution is -2.41. The molecule has 0 aliphatic carbocycles. The largest absolute Gasteiger partial charge is 0.480 e. The second kappa shape index (κ2) is 6.15. The van der Waals surface area contributed by atoms with Gasteiger partial charge in [0.25, 0.3) is 0 Å². The van der Waals surface area contributed by atoms with Gasteiger partial charge in [-0.3, -0.25) is 9.69 Å². The third-order valence-electron chi connectivity index (χ3n) is 3.23. The van der Waals surface area contributed by atoms with Crippen LogP contribution in [0.3, 0.4) is 0 Å². The van der Waals surface area contributed by atoms with Crippen molar-refractivity contribution in [3.8, 4) is 6.07 Å². The monoisotopic (exact) mass is 280 g/mol. The Morgan fingerprint density at radius 2 is 2.58 bits per heavy atom. The number of thiophene rings is 1. The Morgan fingerprint density at radius 1 is 1.79 bits per heavy atom. The Morgan fingerprint density at radius 3 is 3.26 bits per heavy atom. The van der Waals surface area contributed by atoms with Gasteiger partial charge in [0.05, 0.1) is 12.7 Å². The lowest BCUT2D eigenvalue weighted by atomic mass is 10.0. The molecule has 1 aromatic rings. The van der Waals surface area contributed by atoms with Crippen molar-refractivity contribution in [2.75, 3.05) is 19.7 Å². The number of ether oxygens (including phenoxy) is 1. The van der Waals surface area contributed by atoms with Gasteiger partial charge in [0.1, 0.15) is 12.1 Å². The number of carboxylic acids is 1. The number of carboxylic acid groups (broad SMARTS) is 1. The molecule has 2 unspecified atom stereocenters. The standard InChI is InChI=1S/C13H16N2O3S/c1-9(8-14)18-6-5-15-4-2-11-10(3-7-19-11)12(15)13(16)17/h3,7,9,12H,2,4-6H2,1H3,(H,16,17). The third kappa shape index (κ3) is 3.13. The number of hydrogen-bond acceptors (Lipinski definition) is 5. The fourth-order valence-corrected chi connectivity index (χ4v) is 3.19. The van der Waals surface area contributed by atoms with E-state index in [4.69, 9.17) is 10.00 Å². The van der Waals surface area contributed by atoms with Crippen molar-refractivity contribution < 1.29 is 14.6 Å². The molecule has 1 aliphatic heterocycles. The first-order chi connectivity index (χ1) is 9.13. The molecule has 102 valence electrons. The highest BCUT2D eigenvalue weighted by atomic mass is 32.1. The van der Waals surface area contributed by atoms with Crippen molar-refractivity contribution in [3.05, 3.63) is 21.9 Å². The highest BCUT2D eigenvalue weighted by molar-refractivity contribution is 7.10. The van der Waals surface area contributed by atoms with Gasteiger partial charge >= 0.3 is 5.97 Å². The van der Waals surface area contributed by atoms with E-state index in [1.54, 1.807) is 18.3 Å². The summed E-state index contributed by atoms with van der Waals surface area (Å²) in [7, 11) is 0. The number of hydrogen-bond donors (Lipinski definition) is 1. The van der Waals surface area contributed by atoms with Crippen molar-refractivity contribution in [1.82, 2.24) is 4.90 Å². The summed E-state index contributed by atoms with van der Waals surface area (Å²) in [6.07, 6.45) is 0.426. The van der Waals surface area contributed by atoms with E-state index in [-0.39, 0.29) is 0 Å². The average Bonchev–Trinajstić information content (AvgIpc) is 2.85. The van der Waals surface area contributed by atoms with Crippen molar-refractivity contribution in [2.24, 2.45) is 0 Å². The number of rotatable bonds is 5. The molecule has 5 nitrogen and oxygen atoms in total. The SMILES string of the molecule is CC(C#N)OCCN1CCc2sccc2C1C(=O)O. The molecule has 6 heteroatoms. The van der Waals surface area contributed by atoms with Gasteiger partial charge in [-0.2, -0.15) is 5.26 Å². The Kier molecular flexibility index (Phi) is 4.53. The Bertz CT molecular complexity index is 494. The van der Waals surface area contributed by atoms with Gasteiger partial charge in [0.15, 0.2) is 0 Å². The maximum Gasteiger partial charge on any atom is 0.325 e. The van der Waals surface area contributed by atoms with E-state index in [1.807, 2.05) is 22.4 Å². The summed E-state index contributed by atoms with van der Waals surface area (Å²) in [4.78, 5) is 14.5. The van der Waals surface area contributed by atoms with Crippen LogP contribution in [-0.2, 0) is 16.0 Å². The smallest absolute Gasteiger partial charge is 0.325 e. The molecular weight excluding hydrogens is 264 g/mol. The van der Waals surface area contributed by atoms with Gasteiger partial charge in [-0.15, -0.1) is 11.3 Å². The first kappa shape index (κ1) is 14.0. The van der Waals surface area contributed by atoms with Crippen LogP contribution in [-0.4, -0.2) is 41.8 Å². The van der Waals surface area contributed by atoms with Gasteiger partial charge in [-0.1, -0.05) is 0 Å². The number of carbonyl (C=O) groups is 1. The van der Waals surface area contributed by atoms with E-state index < -0.39 is 18.1 Å². The van der Waals surface area contributed by atoms with Crippen molar-refractivity contribution >= 4 is 17.3 Å². The zero-order valence-corrected chi connectivity index (χ0v) is 11.5. The highest BCUT2D eigenvalue weighted by Gasteiger charge is 2.33. The fourth-order valence-electron chi connectivity index (χ4n) is 2.28. The summed E-state index contributed by atoms with van der Waals surface area (Å²) in [6.45, 7) is 3.30. The van der Waals surface area contributed by atoms with Crippen LogP contribution in [0, 0.1) is 11.3 Å². The second-order valence-electron chi connectivity index (χ2n) is 4.47. The van der Waals surface area contributed by atoms with E-state index in [1.165, 1.54) is 0 Å². The lowest BCUT2D eigenvalue weighted by molar-refractivity contribution is -0.144. The molecule has 1 aromatic heterocycles. The number of aliphatic carboxylic acids is 1. The Balaban J connectivity index is 2.01. The van der Waals surface area contributed by atoms with Crippen LogP contribution < -0.4 is 0 Å². The molecule has 0 saturated carbocycles. The summed E-state index contributed by atoms with van der Waals surface area (Å²) in [5, 5.41) is 20.0.